The molecule has 0 saturated heterocycles. The molecule has 70 valence electrons. The molecule has 0 aromatic rings. The molecule has 0 aliphatic heterocycles. The van der Waals surface area contributed by atoms with Crippen molar-refractivity contribution in [3.05, 3.63) is 12.7 Å². The second-order valence-corrected chi connectivity index (χ2v) is 2.11. The number of unbranched alkanes of at least 4 members (excludes halogenated alkanes) is 1. The second-order valence-electron chi connectivity index (χ2n) is 2.11. The predicted octanol–water partition coefficient (Wildman–Crippen LogP) is 2.06. The van der Waals surface area contributed by atoms with E-state index in [0.717, 1.165) is 12.8 Å². The Bertz CT molecular complexity index is 133. The quantitative estimate of drug-likeness (QED) is 0.203. The molecule has 0 aromatic carbocycles. The Morgan fingerprint density at radius 3 is 2.92 bits per heavy atom. The van der Waals surface area contributed by atoms with Gasteiger partial charge in [0.25, 0.3) is 0 Å². The summed E-state index contributed by atoms with van der Waals surface area (Å²) in [7, 11) is 0. The molecule has 0 saturated carbocycles. The van der Waals surface area contributed by atoms with Crippen LogP contribution in [0.5, 0.6) is 0 Å². The third kappa shape index (κ3) is 7.08. The topological polar surface area (TPSA) is 44.8 Å². The van der Waals surface area contributed by atoms with E-state index in [-0.39, 0.29) is 6.61 Å². The van der Waals surface area contributed by atoms with Gasteiger partial charge in [0, 0.05) is 0 Å². The normalized spacial score (nSPS) is 9.08. The van der Waals surface area contributed by atoms with Crippen LogP contribution in [0.2, 0.25) is 0 Å². The lowest BCUT2D eigenvalue weighted by Gasteiger charge is -2.02. The molecule has 12 heavy (non-hydrogen) atoms. The standard InChI is InChI=1S/C8H14O4/c1-3-5-7-10-8(9)12-11-6-4-2/h4H,2-3,5-7H2,1H3. The Balaban J connectivity index is 3.15. The lowest BCUT2D eigenvalue weighted by molar-refractivity contribution is -0.245. The first-order valence-corrected chi connectivity index (χ1v) is 3.88. The van der Waals surface area contributed by atoms with Gasteiger partial charge < -0.3 is 4.74 Å². The smallest absolute Gasteiger partial charge is 0.432 e. The third-order valence-electron chi connectivity index (χ3n) is 1.03. The lowest BCUT2D eigenvalue weighted by Crippen LogP contribution is -2.08. The summed E-state index contributed by atoms with van der Waals surface area (Å²) in [6.07, 6.45) is 2.47. The Morgan fingerprint density at radius 2 is 2.33 bits per heavy atom. The molecule has 0 amide bonds. The summed E-state index contributed by atoms with van der Waals surface area (Å²) in [5.41, 5.74) is 0. The lowest BCUT2D eigenvalue weighted by atomic mass is 10.4. The molecule has 0 heterocycles. The van der Waals surface area contributed by atoms with Crippen LogP contribution in [0.25, 0.3) is 0 Å². The molecular formula is C8H14O4. The fourth-order valence-electron chi connectivity index (χ4n) is 0.454. The molecule has 0 N–H and O–H groups in total. The second kappa shape index (κ2) is 8.07. The minimum atomic E-state index is -0.801. The average molecular weight is 174 g/mol. The number of hydrogen-bond donors (Lipinski definition) is 0. The molecule has 0 atom stereocenters. The van der Waals surface area contributed by atoms with Crippen LogP contribution in [-0.2, 0) is 14.5 Å². The number of ether oxygens (including phenoxy) is 1. The largest absolute Gasteiger partial charge is 0.540 e. The van der Waals surface area contributed by atoms with Crippen LogP contribution in [0.4, 0.5) is 4.79 Å². The molecule has 0 spiro atoms. The summed E-state index contributed by atoms with van der Waals surface area (Å²) < 4.78 is 4.61. The molecular weight excluding hydrogens is 160 g/mol. The van der Waals surface area contributed by atoms with Crippen molar-refractivity contribution in [3.8, 4) is 0 Å². The van der Waals surface area contributed by atoms with Gasteiger partial charge in [0.1, 0.15) is 6.61 Å². The zero-order valence-corrected chi connectivity index (χ0v) is 7.25. The van der Waals surface area contributed by atoms with Crippen LogP contribution in [0.3, 0.4) is 0 Å². The molecule has 4 heteroatoms. The van der Waals surface area contributed by atoms with Crippen molar-refractivity contribution in [2.75, 3.05) is 13.2 Å². The fraction of sp³-hybridized carbons (Fsp3) is 0.625. The van der Waals surface area contributed by atoms with E-state index in [4.69, 9.17) is 0 Å². The minimum Gasteiger partial charge on any atom is -0.432 e. The molecule has 0 unspecified atom stereocenters. The number of carbonyl (C=O) groups excluding carboxylic acids is 1. The van der Waals surface area contributed by atoms with Crippen molar-refractivity contribution in [3.63, 3.8) is 0 Å². The van der Waals surface area contributed by atoms with E-state index in [9.17, 15) is 4.79 Å². The van der Waals surface area contributed by atoms with Gasteiger partial charge in [-0.2, -0.15) is 4.89 Å². The molecule has 0 aromatic heterocycles. The maximum absolute atomic E-state index is 10.6. The van der Waals surface area contributed by atoms with E-state index >= 15 is 0 Å². The van der Waals surface area contributed by atoms with Crippen molar-refractivity contribution >= 4 is 6.16 Å². The van der Waals surface area contributed by atoms with Gasteiger partial charge in [0.15, 0.2) is 0 Å². The summed E-state index contributed by atoms with van der Waals surface area (Å²) in [6, 6.07) is 0. The van der Waals surface area contributed by atoms with Crippen molar-refractivity contribution in [1.29, 1.82) is 0 Å². The average Bonchev–Trinajstić information content (AvgIpc) is 2.06. The highest BCUT2D eigenvalue weighted by atomic mass is 17.2. The van der Waals surface area contributed by atoms with E-state index in [1.54, 1.807) is 0 Å². The van der Waals surface area contributed by atoms with Crippen LogP contribution in [0.15, 0.2) is 12.7 Å². The first-order valence-electron chi connectivity index (χ1n) is 3.88. The molecule has 0 radical (unpaired) electrons. The minimum absolute atomic E-state index is 0.170. The van der Waals surface area contributed by atoms with Gasteiger partial charge in [0.2, 0.25) is 0 Å². The first-order chi connectivity index (χ1) is 5.81. The Labute approximate surface area is 72.0 Å². The van der Waals surface area contributed by atoms with Gasteiger partial charge in [-0.1, -0.05) is 19.4 Å². The predicted molar refractivity (Wildman–Crippen MR) is 43.5 cm³/mol. The van der Waals surface area contributed by atoms with Gasteiger partial charge in [-0.3, -0.25) is 4.89 Å². The van der Waals surface area contributed by atoms with Crippen LogP contribution in [0.1, 0.15) is 19.8 Å². The first kappa shape index (κ1) is 11.0. The van der Waals surface area contributed by atoms with E-state index in [2.05, 4.69) is 21.1 Å². The Hall–Kier alpha value is -1.03. The maximum atomic E-state index is 10.6. The van der Waals surface area contributed by atoms with Crippen LogP contribution in [0, 0.1) is 0 Å². The molecule has 0 fully saturated rings. The van der Waals surface area contributed by atoms with E-state index < -0.39 is 6.16 Å². The summed E-state index contributed by atoms with van der Waals surface area (Å²) >= 11 is 0. The number of rotatable bonds is 6. The van der Waals surface area contributed by atoms with Crippen molar-refractivity contribution < 1.29 is 19.3 Å². The molecule has 4 nitrogen and oxygen atoms in total. The number of hydrogen-bond acceptors (Lipinski definition) is 4. The molecule has 0 aliphatic carbocycles. The fourth-order valence-corrected chi connectivity index (χ4v) is 0.454. The monoisotopic (exact) mass is 174 g/mol. The Morgan fingerprint density at radius 1 is 1.58 bits per heavy atom. The van der Waals surface area contributed by atoms with Gasteiger partial charge >= 0.3 is 6.16 Å². The SMILES string of the molecule is C=CCOOC(=O)OCCCC. The van der Waals surface area contributed by atoms with Gasteiger partial charge in [-0.25, -0.2) is 4.79 Å². The summed E-state index contributed by atoms with van der Waals surface area (Å²) in [5.74, 6) is 0. The highest BCUT2D eigenvalue weighted by Gasteiger charge is 2.02. The van der Waals surface area contributed by atoms with E-state index in [0.29, 0.717) is 6.61 Å². The van der Waals surface area contributed by atoms with Gasteiger partial charge in [-0.15, -0.1) is 6.58 Å². The van der Waals surface area contributed by atoms with Crippen molar-refractivity contribution in [2.45, 2.75) is 19.8 Å². The number of carbonyl (C=O) groups is 1. The van der Waals surface area contributed by atoms with Gasteiger partial charge in [-0.05, 0) is 6.42 Å². The van der Waals surface area contributed by atoms with Crippen LogP contribution >= 0.6 is 0 Å². The third-order valence-corrected chi connectivity index (χ3v) is 1.03. The molecule has 0 bridgehead atoms. The summed E-state index contributed by atoms with van der Waals surface area (Å²) in [5, 5.41) is 0. The molecule has 0 rings (SSSR count). The van der Waals surface area contributed by atoms with Crippen LogP contribution < -0.4 is 0 Å². The van der Waals surface area contributed by atoms with Crippen molar-refractivity contribution in [1.82, 2.24) is 0 Å². The van der Waals surface area contributed by atoms with E-state index in [1.807, 2.05) is 6.92 Å². The highest BCUT2D eigenvalue weighted by Crippen LogP contribution is 1.91. The van der Waals surface area contributed by atoms with Crippen LogP contribution in [-0.4, -0.2) is 19.4 Å². The highest BCUT2D eigenvalue weighted by molar-refractivity contribution is 5.58. The molecule has 0 aliphatic rings. The van der Waals surface area contributed by atoms with Gasteiger partial charge in [0.05, 0.1) is 6.61 Å². The summed E-state index contributed by atoms with van der Waals surface area (Å²) in [6.45, 7) is 5.92. The zero-order chi connectivity index (χ0) is 9.23. The summed E-state index contributed by atoms with van der Waals surface area (Å²) in [4.78, 5) is 19.2. The maximum Gasteiger partial charge on any atom is 0.540 e. The zero-order valence-electron chi connectivity index (χ0n) is 7.25. The van der Waals surface area contributed by atoms with E-state index in [1.165, 1.54) is 6.08 Å². The van der Waals surface area contributed by atoms with Crippen molar-refractivity contribution in [2.24, 2.45) is 0 Å². The Kier molecular flexibility index (Phi) is 7.38.